The highest BCUT2D eigenvalue weighted by molar-refractivity contribution is 4.95. The van der Waals surface area contributed by atoms with Gasteiger partial charge in [0.15, 0.2) is 0 Å². The summed E-state index contributed by atoms with van der Waals surface area (Å²) in [4.78, 5) is 7.46. The molecule has 0 aliphatic heterocycles. The van der Waals surface area contributed by atoms with Crippen LogP contribution in [0.2, 0.25) is 0 Å². The maximum atomic E-state index is 4.29. The zero-order valence-electron chi connectivity index (χ0n) is 9.66. The van der Waals surface area contributed by atoms with Crippen LogP contribution in [0.5, 0.6) is 0 Å². The molecule has 0 spiro atoms. The summed E-state index contributed by atoms with van der Waals surface area (Å²) in [6.07, 6.45) is 9.14. The summed E-state index contributed by atoms with van der Waals surface area (Å²) in [6, 6.07) is 1.00. The highest BCUT2D eigenvalue weighted by atomic mass is 15.0. The van der Waals surface area contributed by atoms with Crippen LogP contribution in [0.1, 0.15) is 51.4 Å². The lowest BCUT2D eigenvalue weighted by atomic mass is 9.85. The molecule has 3 nitrogen and oxygen atoms in total. The molecule has 0 amide bonds. The van der Waals surface area contributed by atoms with Gasteiger partial charge in [0.1, 0.15) is 5.82 Å². The van der Waals surface area contributed by atoms with Crippen molar-refractivity contribution in [3.63, 3.8) is 0 Å². The maximum absolute atomic E-state index is 4.29. The minimum Gasteiger partial charge on any atom is -0.347 e. The van der Waals surface area contributed by atoms with Crippen LogP contribution in [0.4, 0.5) is 0 Å². The van der Waals surface area contributed by atoms with Crippen LogP contribution >= 0.6 is 0 Å². The van der Waals surface area contributed by atoms with E-state index in [0.717, 1.165) is 11.7 Å². The standard InChI is InChI=1S/C12H21N3/c1-9-5-3-4-6-11(9)15-10(2)12-13-7-8-14-12/h7-11,15H,3-6H2,1-2H3,(H,13,14). The van der Waals surface area contributed by atoms with Gasteiger partial charge in [0.2, 0.25) is 0 Å². The Kier molecular flexibility index (Phi) is 3.41. The smallest absolute Gasteiger partial charge is 0.122 e. The number of hydrogen-bond acceptors (Lipinski definition) is 2. The van der Waals surface area contributed by atoms with Gasteiger partial charge in [0.25, 0.3) is 0 Å². The lowest BCUT2D eigenvalue weighted by Gasteiger charge is -2.31. The summed E-state index contributed by atoms with van der Waals surface area (Å²) in [6.45, 7) is 4.53. The van der Waals surface area contributed by atoms with E-state index in [1.807, 2.05) is 12.4 Å². The summed E-state index contributed by atoms with van der Waals surface area (Å²) >= 11 is 0. The fraction of sp³-hybridized carbons (Fsp3) is 0.750. The predicted molar refractivity (Wildman–Crippen MR) is 61.6 cm³/mol. The first-order chi connectivity index (χ1) is 7.27. The summed E-state index contributed by atoms with van der Waals surface area (Å²) in [7, 11) is 0. The zero-order valence-corrected chi connectivity index (χ0v) is 9.66. The van der Waals surface area contributed by atoms with Crippen molar-refractivity contribution in [3.05, 3.63) is 18.2 Å². The number of nitrogens with one attached hydrogen (secondary N) is 2. The molecule has 15 heavy (non-hydrogen) atoms. The molecular formula is C12H21N3. The van der Waals surface area contributed by atoms with Crippen molar-refractivity contribution in [2.24, 2.45) is 5.92 Å². The van der Waals surface area contributed by atoms with E-state index in [1.165, 1.54) is 25.7 Å². The normalized spacial score (nSPS) is 28.9. The van der Waals surface area contributed by atoms with E-state index < -0.39 is 0 Å². The zero-order chi connectivity index (χ0) is 10.7. The Hall–Kier alpha value is -0.830. The van der Waals surface area contributed by atoms with Crippen LogP contribution in [0.25, 0.3) is 0 Å². The molecule has 3 unspecified atom stereocenters. The van der Waals surface area contributed by atoms with Gasteiger partial charge in [0, 0.05) is 18.4 Å². The number of rotatable bonds is 3. The molecule has 3 heteroatoms. The number of imidazole rings is 1. The molecule has 1 heterocycles. The number of aromatic amines is 1. The van der Waals surface area contributed by atoms with E-state index in [1.54, 1.807) is 0 Å². The van der Waals surface area contributed by atoms with Gasteiger partial charge in [-0.05, 0) is 25.7 Å². The number of nitrogens with zero attached hydrogens (tertiary/aromatic N) is 1. The van der Waals surface area contributed by atoms with E-state index >= 15 is 0 Å². The average molecular weight is 207 g/mol. The minimum absolute atomic E-state index is 0.338. The molecule has 2 rings (SSSR count). The Morgan fingerprint density at radius 1 is 1.47 bits per heavy atom. The van der Waals surface area contributed by atoms with Crippen LogP contribution in [-0.2, 0) is 0 Å². The molecule has 3 atom stereocenters. The molecule has 0 bridgehead atoms. The van der Waals surface area contributed by atoms with Gasteiger partial charge in [0.05, 0.1) is 6.04 Å². The summed E-state index contributed by atoms with van der Waals surface area (Å²) < 4.78 is 0. The highest BCUT2D eigenvalue weighted by Gasteiger charge is 2.23. The second-order valence-electron chi connectivity index (χ2n) is 4.73. The fourth-order valence-corrected chi connectivity index (χ4v) is 2.48. The summed E-state index contributed by atoms with van der Waals surface area (Å²) in [5, 5.41) is 3.68. The second-order valence-corrected chi connectivity index (χ2v) is 4.73. The van der Waals surface area contributed by atoms with Crippen molar-refractivity contribution in [1.82, 2.24) is 15.3 Å². The number of H-pyrrole nitrogens is 1. The van der Waals surface area contributed by atoms with Gasteiger partial charge < -0.3 is 10.3 Å². The maximum Gasteiger partial charge on any atom is 0.122 e. The highest BCUT2D eigenvalue weighted by Crippen LogP contribution is 2.25. The summed E-state index contributed by atoms with van der Waals surface area (Å²) in [5.74, 6) is 1.85. The molecule has 1 aliphatic rings. The molecule has 1 fully saturated rings. The van der Waals surface area contributed by atoms with Crippen molar-refractivity contribution >= 4 is 0 Å². The van der Waals surface area contributed by atoms with Gasteiger partial charge in [-0.25, -0.2) is 4.98 Å². The molecule has 0 aromatic carbocycles. The Bertz CT molecular complexity index is 281. The first-order valence-corrected chi connectivity index (χ1v) is 6.02. The Morgan fingerprint density at radius 3 is 2.93 bits per heavy atom. The fourth-order valence-electron chi connectivity index (χ4n) is 2.48. The van der Waals surface area contributed by atoms with Crippen molar-refractivity contribution in [2.45, 2.75) is 51.6 Å². The molecular weight excluding hydrogens is 186 g/mol. The van der Waals surface area contributed by atoms with Gasteiger partial charge >= 0.3 is 0 Å². The third kappa shape index (κ3) is 2.59. The third-order valence-corrected chi connectivity index (χ3v) is 3.51. The molecule has 1 aliphatic carbocycles. The van der Waals surface area contributed by atoms with E-state index in [9.17, 15) is 0 Å². The Morgan fingerprint density at radius 2 is 2.27 bits per heavy atom. The first kappa shape index (κ1) is 10.7. The van der Waals surface area contributed by atoms with Crippen LogP contribution in [0.3, 0.4) is 0 Å². The molecule has 0 radical (unpaired) electrons. The molecule has 1 aromatic heterocycles. The van der Waals surface area contributed by atoms with E-state index in [-0.39, 0.29) is 0 Å². The molecule has 2 N–H and O–H groups in total. The number of aromatic nitrogens is 2. The van der Waals surface area contributed by atoms with Crippen molar-refractivity contribution < 1.29 is 0 Å². The SMILES string of the molecule is CC(NC1CCCCC1C)c1ncc[nH]1. The first-order valence-electron chi connectivity index (χ1n) is 6.02. The molecule has 84 valence electrons. The second kappa shape index (κ2) is 4.79. The topological polar surface area (TPSA) is 40.7 Å². The van der Waals surface area contributed by atoms with Crippen LogP contribution in [-0.4, -0.2) is 16.0 Å². The average Bonchev–Trinajstić information content (AvgIpc) is 2.74. The number of hydrogen-bond donors (Lipinski definition) is 2. The van der Waals surface area contributed by atoms with Gasteiger partial charge in [-0.1, -0.05) is 19.8 Å². The van der Waals surface area contributed by atoms with Gasteiger partial charge in [-0.2, -0.15) is 0 Å². The quantitative estimate of drug-likeness (QED) is 0.800. The predicted octanol–water partition coefficient (Wildman–Crippen LogP) is 2.64. The van der Waals surface area contributed by atoms with Gasteiger partial charge in [-0.3, -0.25) is 0 Å². The van der Waals surface area contributed by atoms with Crippen LogP contribution in [0, 0.1) is 5.92 Å². The lowest BCUT2D eigenvalue weighted by molar-refractivity contribution is 0.261. The van der Waals surface area contributed by atoms with E-state index in [2.05, 4.69) is 29.1 Å². The lowest BCUT2D eigenvalue weighted by Crippen LogP contribution is -2.39. The molecule has 1 aromatic rings. The minimum atomic E-state index is 0.338. The van der Waals surface area contributed by atoms with Crippen molar-refractivity contribution in [3.8, 4) is 0 Å². The van der Waals surface area contributed by atoms with Crippen LogP contribution < -0.4 is 5.32 Å². The van der Waals surface area contributed by atoms with Crippen molar-refractivity contribution in [1.29, 1.82) is 0 Å². The monoisotopic (exact) mass is 207 g/mol. The third-order valence-electron chi connectivity index (χ3n) is 3.51. The van der Waals surface area contributed by atoms with E-state index in [0.29, 0.717) is 12.1 Å². The van der Waals surface area contributed by atoms with Crippen LogP contribution in [0.15, 0.2) is 12.4 Å². The largest absolute Gasteiger partial charge is 0.347 e. The molecule has 1 saturated carbocycles. The Balaban J connectivity index is 1.90. The summed E-state index contributed by atoms with van der Waals surface area (Å²) in [5.41, 5.74) is 0. The van der Waals surface area contributed by atoms with E-state index in [4.69, 9.17) is 0 Å². The van der Waals surface area contributed by atoms with Gasteiger partial charge in [-0.15, -0.1) is 0 Å². The Labute approximate surface area is 91.7 Å². The van der Waals surface area contributed by atoms with Crippen molar-refractivity contribution in [2.75, 3.05) is 0 Å². The molecule has 0 saturated heterocycles.